The van der Waals surface area contributed by atoms with Crippen LogP contribution in [0.5, 0.6) is 0 Å². The molecule has 130 valence electrons. The van der Waals surface area contributed by atoms with Gasteiger partial charge in [-0.3, -0.25) is 14.3 Å². The van der Waals surface area contributed by atoms with Crippen molar-refractivity contribution in [2.75, 3.05) is 13.1 Å². The summed E-state index contributed by atoms with van der Waals surface area (Å²) in [5, 5.41) is 8.96. The molecule has 1 saturated heterocycles. The van der Waals surface area contributed by atoms with Crippen molar-refractivity contribution in [2.45, 2.75) is 39.4 Å². The van der Waals surface area contributed by atoms with Gasteiger partial charge in [0.2, 0.25) is 0 Å². The van der Waals surface area contributed by atoms with E-state index in [0.717, 1.165) is 31.9 Å². The third kappa shape index (κ3) is 3.66. The molecule has 5 heteroatoms. The van der Waals surface area contributed by atoms with Gasteiger partial charge >= 0.3 is 0 Å². The van der Waals surface area contributed by atoms with Crippen LogP contribution in [0, 0.1) is 13.8 Å². The van der Waals surface area contributed by atoms with Gasteiger partial charge in [-0.05, 0) is 43.5 Å². The zero-order valence-corrected chi connectivity index (χ0v) is 15.0. The highest BCUT2D eigenvalue weighted by molar-refractivity contribution is 5.24. The van der Waals surface area contributed by atoms with Crippen molar-refractivity contribution < 1.29 is 0 Å². The van der Waals surface area contributed by atoms with E-state index >= 15 is 0 Å². The van der Waals surface area contributed by atoms with E-state index in [2.05, 4.69) is 64.0 Å². The molecule has 0 radical (unpaired) electrons. The van der Waals surface area contributed by atoms with Crippen molar-refractivity contribution >= 4 is 0 Å². The van der Waals surface area contributed by atoms with E-state index in [1.807, 2.05) is 23.1 Å². The SMILES string of the molecule is Cc1cc(C)n([C@H]2CCN(Cc3cccc(Cn4cccn4)c3)C2)n1. The van der Waals surface area contributed by atoms with E-state index < -0.39 is 0 Å². The zero-order chi connectivity index (χ0) is 17.2. The van der Waals surface area contributed by atoms with Crippen LogP contribution in [0.1, 0.15) is 35.0 Å². The first-order valence-corrected chi connectivity index (χ1v) is 8.98. The summed E-state index contributed by atoms with van der Waals surface area (Å²) in [4.78, 5) is 2.54. The summed E-state index contributed by atoms with van der Waals surface area (Å²) in [6.45, 7) is 8.26. The van der Waals surface area contributed by atoms with Gasteiger partial charge in [0.05, 0.1) is 18.3 Å². The Hall–Kier alpha value is -2.40. The van der Waals surface area contributed by atoms with Crippen molar-refractivity contribution in [3.63, 3.8) is 0 Å². The van der Waals surface area contributed by atoms with Crippen molar-refractivity contribution in [1.82, 2.24) is 24.5 Å². The van der Waals surface area contributed by atoms with Gasteiger partial charge < -0.3 is 0 Å². The lowest BCUT2D eigenvalue weighted by atomic mass is 10.1. The summed E-state index contributed by atoms with van der Waals surface area (Å²) in [5.74, 6) is 0. The summed E-state index contributed by atoms with van der Waals surface area (Å²) in [5.41, 5.74) is 5.06. The molecule has 25 heavy (non-hydrogen) atoms. The molecule has 0 N–H and O–H groups in total. The number of aromatic nitrogens is 4. The molecule has 0 spiro atoms. The summed E-state index contributed by atoms with van der Waals surface area (Å²) in [7, 11) is 0. The maximum atomic E-state index is 4.67. The van der Waals surface area contributed by atoms with E-state index in [1.54, 1.807) is 0 Å². The lowest BCUT2D eigenvalue weighted by Crippen LogP contribution is -2.22. The van der Waals surface area contributed by atoms with E-state index in [-0.39, 0.29) is 0 Å². The van der Waals surface area contributed by atoms with E-state index in [1.165, 1.54) is 23.2 Å². The smallest absolute Gasteiger partial charge is 0.0661 e. The number of hydrogen-bond donors (Lipinski definition) is 0. The predicted molar refractivity (Wildman–Crippen MR) is 98.4 cm³/mol. The number of hydrogen-bond acceptors (Lipinski definition) is 3. The van der Waals surface area contributed by atoms with Crippen molar-refractivity contribution in [3.05, 3.63) is 71.3 Å². The number of nitrogens with zero attached hydrogens (tertiary/aromatic N) is 5. The first-order valence-electron chi connectivity index (χ1n) is 8.98. The van der Waals surface area contributed by atoms with Crippen LogP contribution in [-0.4, -0.2) is 37.6 Å². The van der Waals surface area contributed by atoms with Gasteiger partial charge in [-0.15, -0.1) is 0 Å². The monoisotopic (exact) mass is 335 g/mol. The van der Waals surface area contributed by atoms with Gasteiger partial charge in [0.25, 0.3) is 0 Å². The maximum Gasteiger partial charge on any atom is 0.0661 e. The maximum absolute atomic E-state index is 4.67. The second kappa shape index (κ2) is 6.84. The molecule has 0 bridgehead atoms. The average molecular weight is 335 g/mol. The van der Waals surface area contributed by atoms with E-state index in [4.69, 9.17) is 0 Å². The molecular weight excluding hydrogens is 310 g/mol. The van der Waals surface area contributed by atoms with Crippen LogP contribution in [0.15, 0.2) is 48.8 Å². The Bertz CT molecular complexity index is 834. The number of benzene rings is 1. The van der Waals surface area contributed by atoms with Crippen molar-refractivity contribution in [3.8, 4) is 0 Å². The minimum Gasteiger partial charge on any atom is -0.297 e. The second-order valence-corrected chi connectivity index (χ2v) is 7.07. The van der Waals surface area contributed by atoms with Crippen LogP contribution in [0.3, 0.4) is 0 Å². The predicted octanol–water partition coefficient (Wildman–Crippen LogP) is 3.19. The molecule has 0 aliphatic carbocycles. The molecule has 2 aromatic heterocycles. The molecule has 5 nitrogen and oxygen atoms in total. The summed E-state index contributed by atoms with van der Waals surface area (Å²) in [6, 6.07) is 13.5. The third-order valence-electron chi connectivity index (χ3n) is 4.94. The molecular formula is C20H25N5. The van der Waals surface area contributed by atoms with E-state index in [0.29, 0.717) is 6.04 Å². The van der Waals surface area contributed by atoms with Crippen molar-refractivity contribution in [1.29, 1.82) is 0 Å². The Morgan fingerprint density at radius 3 is 2.64 bits per heavy atom. The third-order valence-corrected chi connectivity index (χ3v) is 4.94. The van der Waals surface area contributed by atoms with Gasteiger partial charge in [0, 0.05) is 37.7 Å². The summed E-state index contributed by atoms with van der Waals surface area (Å²) in [6.07, 6.45) is 5.01. The molecule has 1 aliphatic rings. The largest absolute Gasteiger partial charge is 0.297 e. The van der Waals surface area contributed by atoms with Crippen LogP contribution >= 0.6 is 0 Å². The van der Waals surface area contributed by atoms with Crippen LogP contribution in [0.25, 0.3) is 0 Å². The Kier molecular flexibility index (Phi) is 4.40. The normalized spacial score (nSPS) is 18.1. The Morgan fingerprint density at radius 1 is 1.08 bits per heavy atom. The molecule has 1 atom stereocenters. The standard InChI is InChI=1S/C20H25N5/c1-16-11-17(2)25(22-16)20-7-10-23(15-20)13-18-5-3-6-19(12-18)14-24-9-4-8-21-24/h3-6,8-9,11-12,20H,7,10,13-15H2,1-2H3/t20-/m0/s1. The van der Waals surface area contributed by atoms with Crippen LogP contribution in [0.2, 0.25) is 0 Å². The number of likely N-dealkylation sites (tertiary alicyclic amines) is 1. The molecule has 3 heterocycles. The molecule has 0 saturated carbocycles. The minimum absolute atomic E-state index is 0.501. The molecule has 4 rings (SSSR count). The lowest BCUT2D eigenvalue weighted by Gasteiger charge is -2.17. The number of aryl methyl sites for hydroxylation is 2. The second-order valence-electron chi connectivity index (χ2n) is 7.07. The molecule has 0 unspecified atom stereocenters. The fourth-order valence-corrected chi connectivity index (χ4v) is 3.84. The Balaban J connectivity index is 1.40. The molecule has 1 aliphatic heterocycles. The highest BCUT2D eigenvalue weighted by Gasteiger charge is 2.25. The van der Waals surface area contributed by atoms with E-state index in [9.17, 15) is 0 Å². The average Bonchev–Trinajstić information content (AvgIpc) is 3.30. The Morgan fingerprint density at radius 2 is 1.92 bits per heavy atom. The van der Waals surface area contributed by atoms with Gasteiger partial charge in [0.1, 0.15) is 0 Å². The lowest BCUT2D eigenvalue weighted by molar-refractivity contribution is 0.310. The van der Waals surface area contributed by atoms with Gasteiger partial charge in [-0.1, -0.05) is 24.3 Å². The fourth-order valence-electron chi connectivity index (χ4n) is 3.84. The highest BCUT2D eigenvalue weighted by atomic mass is 15.3. The van der Waals surface area contributed by atoms with Gasteiger partial charge in [-0.2, -0.15) is 10.2 Å². The minimum atomic E-state index is 0.501. The quantitative estimate of drug-likeness (QED) is 0.719. The first kappa shape index (κ1) is 16.1. The Labute approximate surface area is 148 Å². The number of rotatable bonds is 5. The van der Waals surface area contributed by atoms with Crippen molar-refractivity contribution in [2.24, 2.45) is 0 Å². The highest BCUT2D eigenvalue weighted by Crippen LogP contribution is 2.24. The molecule has 1 aromatic carbocycles. The topological polar surface area (TPSA) is 38.9 Å². The summed E-state index contributed by atoms with van der Waals surface area (Å²) < 4.78 is 4.18. The van der Waals surface area contributed by atoms with Crippen LogP contribution in [-0.2, 0) is 13.1 Å². The molecule has 3 aromatic rings. The van der Waals surface area contributed by atoms with Gasteiger partial charge in [-0.25, -0.2) is 0 Å². The van der Waals surface area contributed by atoms with Gasteiger partial charge in [0.15, 0.2) is 0 Å². The molecule has 1 fully saturated rings. The van der Waals surface area contributed by atoms with Crippen LogP contribution < -0.4 is 0 Å². The molecule has 0 amide bonds. The van der Waals surface area contributed by atoms with Crippen LogP contribution in [0.4, 0.5) is 0 Å². The zero-order valence-electron chi connectivity index (χ0n) is 15.0. The summed E-state index contributed by atoms with van der Waals surface area (Å²) >= 11 is 0. The first-order chi connectivity index (χ1) is 12.2. The fraction of sp³-hybridized carbons (Fsp3) is 0.400.